The van der Waals surface area contributed by atoms with Gasteiger partial charge in [0.05, 0.1) is 43.1 Å². The lowest BCUT2D eigenvalue weighted by Crippen LogP contribution is -2.33. The van der Waals surface area contributed by atoms with Crippen LogP contribution >= 0.6 is 11.6 Å². The molecule has 1 aromatic heterocycles. The fraction of sp³-hybridized carbons (Fsp3) is 0.474. The molecule has 0 bridgehead atoms. The van der Waals surface area contributed by atoms with Crippen molar-refractivity contribution in [1.29, 1.82) is 0 Å². The number of halogens is 1. The highest BCUT2D eigenvalue weighted by atomic mass is 35.5. The minimum atomic E-state index is -0.200. The van der Waals surface area contributed by atoms with E-state index in [-0.39, 0.29) is 11.8 Å². The zero-order valence-electron chi connectivity index (χ0n) is 15.9. The Hall–Kier alpha value is -2.21. The first-order chi connectivity index (χ1) is 12.4. The van der Waals surface area contributed by atoms with E-state index in [1.54, 1.807) is 18.9 Å². The summed E-state index contributed by atoms with van der Waals surface area (Å²) in [5, 5.41) is 8.01. The molecule has 1 atom stereocenters. The van der Waals surface area contributed by atoms with Crippen molar-refractivity contribution in [2.24, 2.45) is 5.92 Å². The van der Waals surface area contributed by atoms with E-state index in [1.165, 1.54) is 0 Å². The highest BCUT2D eigenvalue weighted by molar-refractivity contribution is 6.31. The minimum Gasteiger partial charge on any atom is -0.493 e. The van der Waals surface area contributed by atoms with E-state index in [2.05, 4.69) is 10.4 Å². The Morgan fingerprint density at radius 1 is 1.27 bits per heavy atom. The molecular formula is C19H26ClN3O3. The van der Waals surface area contributed by atoms with Crippen molar-refractivity contribution in [3.05, 3.63) is 40.2 Å². The number of benzene rings is 1. The Bertz CT molecular complexity index is 774. The third kappa shape index (κ3) is 4.69. The molecule has 0 radical (unpaired) electrons. The zero-order valence-corrected chi connectivity index (χ0v) is 16.7. The topological polar surface area (TPSA) is 65.4 Å². The van der Waals surface area contributed by atoms with Crippen LogP contribution in [0.1, 0.15) is 23.9 Å². The molecule has 2 rings (SSSR count). The predicted octanol–water partition coefficient (Wildman–Crippen LogP) is 3.17. The van der Waals surface area contributed by atoms with E-state index in [0.29, 0.717) is 36.0 Å². The van der Waals surface area contributed by atoms with Crippen molar-refractivity contribution < 1.29 is 14.3 Å². The van der Waals surface area contributed by atoms with Gasteiger partial charge in [0.15, 0.2) is 11.5 Å². The first-order valence-corrected chi connectivity index (χ1v) is 8.93. The fourth-order valence-electron chi connectivity index (χ4n) is 2.74. The van der Waals surface area contributed by atoms with E-state index in [9.17, 15) is 4.79 Å². The average Bonchev–Trinajstić information content (AvgIpc) is 2.88. The lowest BCUT2D eigenvalue weighted by molar-refractivity contribution is -0.124. The highest BCUT2D eigenvalue weighted by Gasteiger charge is 2.17. The van der Waals surface area contributed by atoms with E-state index in [4.69, 9.17) is 21.1 Å². The van der Waals surface area contributed by atoms with Gasteiger partial charge in [-0.25, -0.2) is 0 Å². The molecule has 0 saturated heterocycles. The summed E-state index contributed by atoms with van der Waals surface area (Å²) in [4.78, 5) is 12.3. The summed E-state index contributed by atoms with van der Waals surface area (Å²) in [6, 6.07) is 5.76. The number of rotatable bonds is 8. The number of nitrogens with one attached hydrogen (secondary N) is 1. The van der Waals surface area contributed by atoms with Crippen LogP contribution in [0.3, 0.4) is 0 Å². The van der Waals surface area contributed by atoms with Crippen LogP contribution in [0.4, 0.5) is 0 Å². The van der Waals surface area contributed by atoms with Crippen molar-refractivity contribution in [2.45, 2.75) is 33.7 Å². The molecule has 0 fully saturated rings. The van der Waals surface area contributed by atoms with Crippen molar-refractivity contribution >= 4 is 17.5 Å². The normalized spacial score (nSPS) is 11.9. The molecule has 1 N–H and O–H groups in total. The Kier molecular flexibility index (Phi) is 6.91. The van der Waals surface area contributed by atoms with Gasteiger partial charge in [-0.05, 0) is 38.0 Å². The Morgan fingerprint density at radius 2 is 1.96 bits per heavy atom. The van der Waals surface area contributed by atoms with E-state index in [0.717, 1.165) is 17.0 Å². The van der Waals surface area contributed by atoms with Gasteiger partial charge in [0, 0.05) is 6.54 Å². The fourth-order valence-corrected chi connectivity index (χ4v) is 2.87. The highest BCUT2D eigenvalue weighted by Crippen LogP contribution is 2.27. The van der Waals surface area contributed by atoms with Gasteiger partial charge in [-0.2, -0.15) is 5.10 Å². The van der Waals surface area contributed by atoms with E-state index in [1.807, 2.05) is 39.0 Å². The first kappa shape index (κ1) is 20.1. The molecular weight excluding hydrogens is 354 g/mol. The zero-order chi connectivity index (χ0) is 19.3. The maximum atomic E-state index is 12.3. The lowest BCUT2D eigenvalue weighted by Gasteiger charge is -2.14. The number of carbonyl (C=O) groups is 1. The Morgan fingerprint density at radius 3 is 2.54 bits per heavy atom. The Labute approximate surface area is 159 Å². The molecule has 0 spiro atoms. The number of carbonyl (C=O) groups excluding carboxylic acids is 1. The van der Waals surface area contributed by atoms with Gasteiger partial charge in [0.1, 0.15) is 0 Å². The Balaban J connectivity index is 1.87. The summed E-state index contributed by atoms with van der Waals surface area (Å²) in [5.74, 6) is 1.17. The molecule has 0 aliphatic carbocycles. The summed E-state index contributed by atoms with van der Waals surface area (Å²) in [6.45, 7) is 6.71. The number of hydrogen-bond donors (Lipinski definition) is 1. The van der Waals surface area contributed by atoms with Crippen LogP contribution in [0.5, 0.6) is 11.5 Å². The second-order valence-corrected chi connectivity index (χ2v) is 6.68. The number of aryl methyl sites for hydroxylation is 1. The number of methoxy groups -OCH3 is 2. The van der Waals surface area contributed by atoms with Crippen LogP contribution in [0.15, 0.2) is 18.2 Å². The third-order valence-corrected chi connectivity index (χ3v) is 4.90. The van der Waals surface area contributed by atoms with Crippen LogP contribution < -0.4 is 14.8 Å². The number of nitrogens with zero attached hydrogens (tertiary/aromatic N) is 2. The lowest BCUT2D eigenvalue weighted by atomic mass is 10.1. The van der Waals surface area contributed by atoms with Gasteiger partial charge < -0.3 is 14.8 Å². The van der Waals surface area contributed by atoms with Crippen molar-refractivity contribution in [1.82, 2.24) is 15.1 Å². The molecule has 0 aliphatic rings. The van der Waals surface area contributed by atoms with Crippen LogP contribution in [0, 0.1) is 19.8 Å². The quantitative estimate of drug-likeness (QED) is 0.765. The number of ether oxygens (including phenoxy) is 2. The first-order valence-electron chi connectivity index (χ1n) is 8.55. The summed E-state index contributed by atoms with van der Waals surface area (Å²) in [6.07, 6.45) is 0.713. The molecule has 1 aromatic carbocycles. The molecule has 142 valence electrons. The standard InChI is InChI=1S/C19H26ClN3O3/c1-12(11-23-14(3)18(20)13(2)22-23)19(24)21-9-8-15-6-7-16(25-4)17(10-15)26-5/h6-7,10,12H,8-9,11H2,1-5H3,(H,21,24). The van der Waals surface area contributed by atoms with Gasteiger partial charge in [-0.3, -0.25) is 9.48 Å². The summed E-state index contributed by atoms with van der Waals surface area (Å²) in [5.41, 5.74) is 2.74. The largest absolute Gasteiger partial charge is 0.493 e. The van der Waals surface area contributed by atoms with Gasteiger partial charge >= 0.3 is 0 Å². The van der Waals surface area contributed by atoms with Crippen molar-refractivity contribution in [3.63, 3.8) is 0 Å². The van der Waals surface area contributed by atoms with Gasteiger partial charge in [0.25, 0.3) is 0 Å². The summed E-state index contributed by atoms with van der Waals surface area (Å²) in [7, 11) is 3.21. The minimum absolute atomic E-state index is 0.00541. The van der Waals surface area contributed by atoms with Gasteiger partial charge in [0.2, 0.25) is 5.91 Å². The molecule has 1 unspecified atom stereocenters. The maximum absolute atomic E-state index is 12.3. The predicted molar refractivity (Wildman–Crippen MR) is 102 cm³/mol. The number of aromatic nitrogens is 2. The summed E-state index contributed by atoms with van der Waals surface area (Å²) < 4.78 is 12.3. The number of amides is 1. The monoisotopic (exact) mass is 379 g/mol. The second kappa shape index (κ2) is 8.94. The van der Waals surface area contributed by atoms with Crippen molar-refractivity contribution in [3.8, 4) is 11.5 Å². The van der Waals surface area contributed by atoms with Gasteiger partial charge in [-0.1, -0.05) is 24.6 Å². The SMILES string of the molecule is COc1ccc(CCNC(=O)C(C)Cn2nc(C)c(Cl)c2C)cc1OC. The van der Waals surface area contributed by atoms with E-state index < -0.39 is 0 Å². The number of hydrogen-bond acceptors (Lipinski definition) is 4. The average molecular weight is 380 g/mol. The molecule has 1 amide bonds. The van der Waals surface area contributed by atoms with Crippen LogP contribution in [-0.2, 0) is 17.8 Å². The second-order valence-electron chi connectivity index (χ2n) is 6.30. The third-order valence-electron chi connectivity index (χ3n) is 4.35. The smallest absolute Gasteiger partial charge is 0.224 e. The molecule has 0 saturated carbocycles. The summed E-state index contributed by atoms with van der Waals surface area (Å²) >= 11 is 6.16. The molecule has 26 heavy (non-hydrogen) atoms. The van der Waals surface area contributed by atoms with E-state index >= 15 is 0 Å². The maximum Gasteiger partial charge on any atom is 0.224 e. The van der Waals surface area contributed by atoms with Gasteiger partial charge in [-0.15, -0.1) is 0 Å². The molecule has 1 heterocycles. The molecule has 0 aliphatic heterocycles. The van der Waals surface area contributed by atoms with Crippen molar-refractivity contribution in [2.75, 3.05) is 20.8 Å². The molecule has 7 heteroatoms. The van der Waals surface area contributed by atoms with Crippen LogP contribution in [0.2, 0.25) is 5.02 Å². The molecule has 6 nitrogen and oxygen atoms in total. The molecule has 2 aromatic rings. The van der Waals surface area contributed by atoms with Crippen LogP contribution in [0.25, 0.3) is 0 Å². The van der Waals surface area contributed by atoms with Crippen LogP contribution in [-0.4, -0.2) is 36.5 Å².